The van der Waals surface area contributed by atoms with E-state index < -0.39 is 29.5 Å². The Morgan fingerprint density at radius 1 is 0.947 bits per heavy atom. The first kappa shape index (κ1) is 26.5. The summed E-state index contributed by atoms with van der Waals surface area (Å²) < 4.78 is 10.6. The van der Waals surface area contributed by atoms with Crippen molar-refractivity contribution in [3.8, 4) is 11.4 Å². The molecule has 0 bridgehead atoms. The quantitative estimate of drug-likeness (QED) is 0.331. The largest absolute Gasteiger partial charge is 0.460 e. The van der Waals surface area contributed by atoms with E-state index >= 15 is 0 Å². The summed E-state index contributed by atoms with van der Waals surface area (Å²) in [5, 5.41) is 16.9. The van der Waals surface area contributed by atoms with Gasteiger partial charge < -0.3 is 14.8 Å². The van der Waals surface area contributed by atoms with E-state index in [-0.39, 0.29) is 19.6 Å². The first-order valence-corrected chi connectivity index (χ1v) is 12.2. The van der Waals surface area contributed by atoms with Gasteiger partial charge in [-0.05, 0) is 42.3 Å². The van der Waals surface area contributed by atoms with Crippen LogP contribution in [0.2, 0.25) is 0 Å². The third kappa shape index (κ3) is 7.22. The number of amides is 1. The molecule has 1 atom stereocenters. The van der Waals surface area contributed by atoms with Crippen LogP contribution in [0.25, 0.3) is 22.2 Å². The van der Waals surface area contributed by atoms with Gasteiger partial charge in [0.05, 0.1) is 6.42 Å². The molecule has 3 aromatic carbocycles. The number of nitrogens with one attached hydrogen (secondary N) is 1. The Kier molecular flexibility index (Phi) is 8.10. The second kappa shape index (κ2) is 11.6. The molecule has 4 rings (SSSR count). The molecule has 1 unspecified atom stereocenters. The number of rotatable bonds is 9. The van der Waals surface area contributed by atoms with Gasteiger partial charge >= 0.3 is 12.1 Å². The number of esters is 1. The molecule has 0 aliphatic rings. The van der Waals surface area contributed by atoms with Crippen LogP contribution in [-0.2, 0) is 32.2 Å². The monoisotopic (exact) mass is 515 g/mol. The molecule has 1 amide bonds. The molecule has 0 aliphatic heterocycles. The molecule has 0 saturated heterocycles. The van der Waals surface area contributed by atoms with Crippen LogP contribution < -0.4 is 5.32 Å². The Balaban J connectivity index is 1.47. The molecule has 196 valence electrons. The maximum absolute atomic E-state index is 13.2. The lowest BCUT2D eigenvalue weighted by atomic mass is 10.0. The predicted octanol–water partition coefficient (Wildman–Crippen LogP) is 4.09. The van der Waals surface area contributed by atoms with Gasteiger partial charge in [0.2, 0.25) is 5.82 Å². The van der Waals surface area contributed by atoms with Crippen molar-refractivity contribution in [2.24, 2.45) is 0 Å². The van der Waals surface area contributed by atoms with Crippen molar-refractivity contribution in [3.05, 3.63) is 78.4 Å². The molecule has 0 radical (unpaired) electrons. The number of Topliss-reactive ketones (excluding diaryl/α,β-unsaturated/α-hetero) is 1. The Bertz CT molecular complexity index is 1420. The Morgan fingerprint density at radius 2 is 1.66 bits per heavy atom. The van der Waals surface area contributed by atoms with Crippen LogP contribution in [0.15, 0.2) is 72.8 Å². The lowest BCUT2D eigenvalue weighted by molar-refractivity contribution is -0.156. The number of nitrogens with zero attached hydrogens (tertiary/aromatic N) is 4. The molecular weight excluding hydrogens is 486 g/mol. The molecule has 0 aliphatic carbocycles. The van der Waals surface area contributed by atoms with Crippen LogP contribution in [0.4, 0.5) is 4.79 Å². The number of aromatic nitrogens is 4. The first-order chi connectivity index (χ1) is 18.2. The standard InChI is InChI=1S/C28H29N5O5/c1-28(2,3)38-25(35)16-23(29-27(36)37-18-19-10-5-4-6-11-19)24(34)17-33-31-26(30-32-33)22-15-9-13-20-12-7-8-14-21(20)22/h4-15,23H,16-18H2,1-3H3,(H,29,36). The van der Waals surface area contributed by atoms with Crippen molar-refractivity contribution in [3.63, 3.8) is 0 Å². The molecule has 0 saturated carbocycles. The van der Waals surface area contributed by atoms with Gasteiger partial charge in [-0.2, -0.15) is 4.80 Å². The van der Waals surface area contributed by atoms with E-state index in [1.54, 1.807) is 32.9 Å². The summed E-state index contributed by atoms with van der Waals surface area (Å²) >= 11 is 0. The number of fused-ring (bicyclic) bond motifs is 1. The molecule has 1 heterocycles. The van der Waals surface area contributed by atoms with Gasteiger partial charge in [-0.3, -0.25) is 9.59 Å². The van der Waals surface area contributed by atoms with Crippen LogP contribution in [-0.4, -0.2) is 49.7 Å². The highest BCUT2D eigenvalue weighted by atomic mass is 16.6. The highest BCUT2D eigenvalue weighted by Gasteiger charge is 2.28. The Hall–Kier alpha value is -4.60. The molecule has 10 nitrogen and oxygen atoms in total. The van der Waals surface area contributed by atoms with E-state index in [9.17, 15) is 14.4 Å². The number of hydrogen-bond acceptors (Lipinski definition) is 8. The van der Waals surface area contributed by atoms with Crippen molar-refractivity contribution in [1.82, 2.24) is 25.5 Å². The maximum Gasteiger partial charge on any atom is 0.408 e. The second-order valence-corrected chi connectivity index (χ2v) is 9.69. The average molecular weight is 516 g/mol. The van der Waals surface area contributed by atoms with Crippen LogP contribution in [0.1, 0.15) is 32.8 Å². The SMILES string of the molecule is CC(C)(C)OC(=O)CC(NC(=O)OCc1ccccc1)C(=O)Cn1nnc(-c2cccc3ccccc23)n1. The van der Waals surface area contributed by atoms with Gasteiger partial charge in [0.25, 0.3) is 0 Å². The van der Waals surface area contributed by atoms with Crippen LogP contribution in [0.3, 0.4) is 0 Å². The normalized spacial score (nSPS) is 12.1. The molecule has 1 aromatic heterocycles. The van der Waals surface area contributed by atoms with Gasteiger partial charge in [0.1, 0.15) is 24.8 Å². The highest BCUT2D eigenvalue weighted by molar-refractivity contribution is 5.95. The number of ketones is 1. The number of ether oxygens (including phenoxy) is 2. The summed E-state index contributed by atoms with van der Waals surface area (Å²) in [6.07, 6.45) is -1.21. The third-order valence-electron chi connectivity index (χ3n) is 5.46. The predicted molar refractivity (Wildman–Crippen MR) is 140 cm³/mol. The minimum atomic E-state index is -1.21. The van der Waals surface area contributed by atoms with Crippen molar-refractivity contribution in [1.29, 1.82) is 0 Å². The topological polar surface area (TPSA) is 125 Å². The van der Waals surface area contributed by atoms with Crippen molar-refractivity contribution < 1.29 is 23.9 Å². The van der Waals surface area contributed by atoms with E-state index in [2.05, 4.69) is 20.7 Å². The number of carbonyl (C=O) groups excluding carboxylic acids is 3. The van der Waals surface area contributed by atoms with E-state index in [4.69, 9.17) is 9.47 Å². The Morgan fingerprint density at radius 3 is 2.42 bits per heavy atom. The van der Waals surface area contributed by atoms with E-state index in [0.29, 0.717) is 5.82 Å². The summed E-state index contributed by atoms with van der Waals surface area (Å²) in [7, 11) is 0. The molecule has 0 spiro atoms. The fourth-order valence-corrected chi connectivity index (χ4v) is 3.79. The zero-order valence-electron chi connectivity index (χ0n) is 21.5. The van der Waals surface area contributed by atoms with E-state index in [1.165, 1.54) is 0 Å². The summed E-state index contributed by atoms with van der Waals surface area (Å²) in [6, 6.07) is 21.5. The smallest absolute Gasteiger partial charge is 0.408 e. The van der Waals surface area contributed by atoms with Crippen molar-refractivity contribution in [2.45, 2.75) is 52.0 Å². The van der Waals surface area contributed by atoms with Gasteiger partial charge in [-0.15, -0.1) is 10.2 Å². The van der Waals surface area contributed by atoms with Crippen molar-refractivity contribution in [2.75, 3.05) is 0 Å². The van der Waals surface area contributed by atoms with Gasteiger partial charge in [-0.25, -0.2) is 4.79 Å². The fraction of sp³-hybridized carbons (Fsp3) is 0.286. The lowest BCUT2D eigenvalue weighted by Crippen LogP contribution is -2.45. The Labute approximate surface area is 219 Å². The highest BCUT2D eigenvalue weighted by Crippen LogP contribution is 2.25. The third-order valence-corrected chi connectivity index (χ3v) is 5.46. The molecule has 1 N–H and O–H groups in total. The minimum absolute atomic E-state index is 0.0129. The molecule has 10 heteroatoms. The number of alkyl carbamates (subject to hydrolysis) is 1. The second-order valence-electron chi connectivity index (χ2n) is 9.69. The molecule has 4 aromatic rings. The summed E-state index contributed by atoms with van der Waals surface area (Å²) in [4.78, 5) is 39.3. The fourth-order valence-electron chi connectivity index (χ4n) is 3.79. The van der Waals surface area contributed by atoms with E-state index in [0.717, 1.165) is 26.7 Å². The van der Waals surface area contributed by atoms with Crippen LogP contribution in [0.5, 0.6) is 0 Å². The molecule has 0 fully saturated rings. The summed E-state index contributed by atoms with van der Waals surface area (Å²) in [5.41, 5.74) is 0.805. The minimum Gasteiger partial charge on any atom is -0.460 e. The van der Waals surface area contributed by atoms with Gasteiger partial charge in [0.15, 0.2) is 5.78 Å². The molecular formula is C28H29N5O5. The van der Waals surface area contributed by atoms with Gasteiger partial charge in [-0.1, -0.05) is 72.8 Å². The lowest BCUT2D eigenvalue weighted by Gasteiger charge is -2.22. The number of carbonyl (C=O) groups is 3. The average Bonchev–Trinajstić information content (AvgIpc) is 3.34. The number of hydrogen-bond donors (Lipinski definition) is 1. The molecule has 38 heavy (non-hydrogen) atoms. The van der Waals surface area contributed by atoms with E-state index in [1.807, 2.05) is 60.7 Å². The van der Waals surface area contributed by atoms with Crippen molar-refractivity contribution >= 4 is 28.6 Å². The van der Waals surface area contributed by atoms with Crippen LogP contribution >= 0.6 is 0 Å². The summed E-state index contributed by atoms with van der Waals surface area (Å²) in [5.74, 6) is -0.787. The summed E-state index contributed by atoms with van der Waals surface area (Å²) in [6.45, 7) is 4.86. The first-order valence-electron chi connectivity index (χ1n) is 12.2. The number of tetrazole rings is 1. The van der Waals surface area contributed by atoms with Gasteiger partial charge in [0, 0.05) is 5.56 Å². The zero-order chi connectivity index (χ0) is 27.1. The number of benzene rings is 3. The zero-order valence-corrected chi connectivity index (χ0v) is 21.5. The maximum atomic E-state index is 13.2. The van der Waals surface area contributed by atoms with Crippen LogP contribution in [0, 0.1) is 0 Å².